The van der Waals surface area contributed by atoms with Gasteiger partial charge < -0.3 is 10.1 Å². The molecule has 0 saturated heterocycles. The largest absolute Gasteiger partial charge is 0.383 e. The first-order valence-corrected chi connectivity index (χ1v) is 7.71. The van der Waals surface area contributed by atoms with Crippen molar-refractivity contribution in [2.45, 2.75) is 33.1 Å². The van der Waals surface area contributed by atoms with Crippen LogP contribution in [0, 0.1) is 11.3 Å². The van der Waals surface area contributed by atoms with Crippen molar-refractivity contribution in [3.8, 4) is 0 Å². The van der Waals surface area contributed by atoms with Gasteiger partial charge in [-0.3, -0.25) is 0 Å². The lowest BCUT2D eigenvalue weighted by molar-refractivity contribution is 0.198. The van der Waals surface area contributed by atoms with Crippen LogP contribution in [-0.4, -0.2) is 26.8 Å². The summed E-state index contributed by atoms with van der Waals surface area (Å²) in [6, 6.07) is 4.63. The SMILES string of the molecule is CCc1ccc(C2C(CNCCOC)C2(C)C)s1. The molecule has 0 radical (unpaired) electrons. The quantitative estimate of drug-likeness (QED) is 0.766. The highest BCUT2D eigenvalue weighted by Gasteiger charge is 2.58. The highest BCUT2D eigenvalue weighted by Crippen LogP contribution is 2.65. The molecule has 2 rings (SSSR count). The molecular formula is C15H25NOS. The molecule has 2 nitrogen and oxygen atoms in total. The van der Waals surface area contributed by atoms with E-state index in [0.717, 1.165) is 38.0 Å². The summed E-state index contributed by atoms with van der Waals surface area (Å²) >= 11 is 2.00. The maximum Gasteiger partial charge on any atom is 0.0587 e. The molecule has 0 bridgehead atoms. The lowest BCUT2D eigenvalue weighted by Crippen LogP contribution is -2.22. The number of nitrogens with one attached hydrogen (secondary N) is 1. The molecule has 0 aromatic carbocycles. The van der Waals surface area contributed by atoms with E-state index in [0.29, 0.717) is 5.41 Å². The average molecular weight is 267 g/mol. The molecule has 1 heterocycles. The number of hydrogen-bond donors (Lipinski definition) is 1. The molecule has 3 heteroatoms. The second-order valence-corrected chi connectivity index (χ2v) is 6.96. The monoisotopic (exact) mass is 267 g/mol. The fourth-order valence-electron chi connectivity index (χ4n) is 2.87. The van der Waals surface area contributed by atoms with Gasteiger partial charge in [0, 0.05) is 29.3 Å². The molecule has 2 unspecified atom stereocenters. The van der Waals surface area contributed by atoms with Crippen molar-refractivity contribution >= 4 is 11.3 Å². The van der Waals surface area contributed by atoms with Crippen molar-refractivity contribution in [1.82, 2.24) is 5.32 Å². The first-order valence-electron chi connectivity index (χ1n) is 6.89. The Hall–Kier alpha value is -0.380. The molecule has 1 saturated carbocycles. The van der Waals surface area contributed by atoms with Crippen LogP contribution in [0.5, 0.6) is 0 Å². The van der Waals surface area contributed by atoms with E-state index in [1.807, 2.05) is 11.3 Å². The summed E-state index contributed by atoms with van der Waals surface area (Å²) in [5.41, 5.74) is 0.454. The summed E-state index contributed by atoms with van der Waals surface area (Å²) in [5, 5.41) is 3.50. The molecule has 0 amide bonds. The van der Waals surface area contributed by atoms with Crippen molar-refractivity contribution < 1.29 is 4.74 Å². The van der Waals surface area contributed by atoms with Crippen molar-refractivity contribution in [2.75, 3.05) is 26.8 Å². The van der Waals surface area contributed by atoms with Gasteiger partial charge in [-0.15, -0.1) is 11.3 Å². The van der Waals surface area contributed by atoms with E-state index in [1.54, 1.807) is 12.0 Å². The fraction of sp³-hybridized carbons (Fsp3) is 0.733. The molecule has 1 fully saturated rings. The van der Waals surface area contributed by atoms with E-state index in [-0.39, 0.29) is 0 Å². The average Bonchev–Trinajstić information content (AvgIpc) is 2.74. The summed E-state index contributed by atoms with van der Waals surface area (Å²) in [6.45, 7) is 9.90. The number of ether oxygens (including phenoxy) is 1. The Morgan fingerprint density at radius 3 is 2.78 bits per heavy atom. The minimum atomic E-state index is 0.454. The van der Waals surface area contributed by atoms with Gasteiger partial charge in [-0.25, -0.2) is 0 Å². The topological polar surface area (TPSA) is 21.3 Å². The van der Waals surface area contributed by atoms with Crippen molar-refractivity contribution in [2.24, 2.45) is 11.3 Å². The van der Waals surface area contributed by atoms with Crippen LogP contribution in [0.2, 0.25) is 0 Å². The Kier molecular flexibility index (Phi) is 4.46. The fourth-order valence-corrected chi connectivity index (χ4v) is 4.19. The Morgan fingerprint density at radius 1 is 1.39 bits per heavy atom. The molecule has 2 atom stereocenters. The summed E-state index contributed by atoms with van der Waals surface area (Å²) in [4.78, 5) is 3.09. The first-order chi connectivity index (χ1) is 8.61. The number of hydrogen-bond acceptors (Lipinski definition) is 3. The molecule has 0 spiro atoms. The van der Waals surface area contributed by atoms with E-state index in [9.17, 15) is 0 Å². The highest BCUT2D eigenvalue weighted by atomic mass is 32.1. The normalized spacial score (nSPS) is 25.3. The summed E-state index contributed by atoms with van der Waals surface area (Å²) in [7, 11) is 1.75. The number of thiophene rings is 1. The van der Waals surface area contributed by atoms with Crippen LogP contribution in [0.25, 0.3) is 0 Å². The lowest BCUT2D eigenvalue weighted by Gasteiger charge is -2.04. The molecular weight excluding hydrogens is 242 g/mol. The molecule has 1 aromatic heterocycles. The predicted molar refractivity (Wildman–Crippen MR) is 78.5 cm³/mol. The van der Waals surface area contributed by atoms with Gasteiger partial charge >= 0.3 is 0 Å². The van der Waals surface area contributed by atoms with Crippen LogP contribution in [0.15, 0.2) is 12.1 Å². The summed E-state index contributed by atoms with van der Waals surface area (Å²) in [6.07, 6.45) is 1.16. The minimum absolute atomic E-state index is 0.454. The van der Waals surface area contributed by atoms with E-state index in [2.05, 4.69) is 38.2 Å². The summed E-state index contributed by atoms with van der Waals surface area (Å²) in [5.74, 6) is 1.52. The van der Waals surface area contributed by atoms with Crippen LogP contribution in [0.3, 0.4) is 0 Å². The second kappa shape index (κ2) is 5.72. The molecule has 1 N–H and O–H groups in total. The molecule has 1 aliphatic rings. The van der Waals surface area contributed by atoms with Crippen LogP contribution < -0.4 is 5.32 Å². The van der Waals surface area contributed by atoms with Crippen LogP contribution in [0.4, 0.5) is 0 Å². The smallest absolute Gasteiger partial charge is 0.0587 e. The minimum Gasteiger partial charge on any atom is -0.383 e. The van der Waals surface area contributed by atoms with Crippen molar-refractivity contribution in [1.29, 1.82) is 0 Å². The van der Waals surface area contributed by atoms with Crippen LogP contribution in [-0.2, 0) is 11.2 Å². The van der Waals surface area contributed by atoms with Gasteiger partial charge in [-0.2, -0.15) is 0 Å². The van der Waals surface area contributed by atoms with Gasteiger partial charge in [0.15, 0.2) is 0 Å². The molecule has 18 heavy (non-hydrogen) atoms. The van der Waals surface area contributed by atoms with Gasteiger partial charge in [0.05, 0.1) is 6.61 Å². The predicted octanol–water partition coefficient (Wildman–Crippen LogP) is 3.29. The summed E-state index contributed by atoms with van der Waals surface area (Å²) < 4.78 is 5.06. The molecule has 0 aliphatic heterocycles. The standard InChI is InChI=1S/C15H25NOS/c1-5-11-6-7-13(18-11)14-12(15(14,2)3)10-16-8-9-17-4/h6-7,12,14,16H,5,8-10H2,1-4H3. The Bertz CT molecular complexity index is 386. The van der Waals surface area contributed by atoms with Crippen molar-refractivity contribution in [3.63, 3.8) is 0 Å². The number of aryl methyl sites for hydroxylation is 1. The van der Waals surface area contributed by atoms with Crippen LogP contribution >= 0.6 is 11.3 Å². The zero-order valence-corrected chi connectivity index (χ0v) is 12.8. The third-order valence-electron chi connectivity index (χ3n) is 4.24. The van der Waals surface area contributed by atoms with Gasteiger partial charge in [-0.05, 0) is 36.4 Å². The van der Waals surface area contributed by atoms with Gasteiger partial charge in [-0.1, -0.05) is 20.8 Å². The lowest BCUT2D eigenvalue weighted by atomic mass is 10.1. The van der Waals surface area contributed by atoms with E-state index in [4.69, 9.17) is 4.74 Å². The van der Waals surface area contributed by atoms with E-state index < -0.39 is 0 Å². The number of methoxy groups -OCH3 is 1. The zero-order chi connectivity index (χ0) is 13.2. The molecule has 1 aromatic rings. The third-order valence-corrected chi connectivity index (χ3v) is 5.55. The van der Waals surface area contributed by atoms with Gasteiger partial charge in [0.2, 0.25) is 0 Å². The molecule has 102 valence electrons. The maximum absolute atomic E-state index is 5.06. The Morgan fingerprint density at radius 2 is 2.17 bits per heavy atom. The molecule has 1 aliphatic carbocycles. The van der Waals surface area contributed by atoms with Crippen molar-refractivity contribution in [3.05, 3.63) is 21.9 Å². The Balaban J connectivity index is 1.89. The first kappa shape index (κ1) is 14.0. The van der Waals surface area contributed by atoms with Gasteiger partial charge in [0.25, 0.3) is 0 Å². The van der Waals surface area contributed by atoms with Crippen LogP contribution in [0.1, 0.15) is 36.4 Å². The number of rotatable bonds is 7. The third kappa shape index (κ3) is 2.79. The second-order valence-electron chi connectivity index (χ2n) is 5.76. The Labute approximate surface area is 115 Å². The van der Waals surface area contributed by atoms with E-state index in [1.165, 1.54) is 4.88 Å². The highest BCUT2D eigenvalue weighted by molar-refractivity contribution is 7.12. The zero-order valence-electron chi connectivity index (χ0n) is 12.0. The van der Waals surface area contributed by atoms with E-state index >= 15 is 0 Å². The maximum atomic E-state index is 5.06. The van der Waals surface area contributed by atoms with Gasteiger partial charge in [0.1, 0.15) is 0 Å².